The number of hydrogen-bond acceptors (Lipinski definition) is 5. The van der Waals surface area contributed by atoms with Crippen LogP contribution in [0.3, 0.4) is 0 Å². The lowest BCUT2D eigenvalue weighted by molar-refractivity contribution is -0.385. The second-order valence-electron chi connectivity index (χ2n) is 2.30. The standard InChI is InChI=1S/C6H3FN2O4/c7-4-1-3(9(10)11)2-5-6(4)13-8-12-5/h1-2,8H. The summed E-state index contributed by atoms with van der Waals surface area (Å²) in [6.45, 7) is 0. The predicted molar refractivity (Wildman–Crippen MR) is 37.4 cm³/mol. The quantitative estimate of drug-likeness (QED) is 0.521. The maximum Gasteiger partial charge on any atom is 0.276 e. The van der Waals surface area contributed by atoms with E-state index in [9.17, 15) is 14.5 Å². The highest BCUT2D eigenvalue weighted by Gasteiger charge is 2.24. The molecule has 0 spiro atoms. The van der Waals surface area contributed by atoms with Gasteiger partial charge in [0.15, 0.2) is 5.82 Å². The van der Waals surface area contributed by atoms with Gasteiger partial charge < -0.3 is 9.68 Å². The van der Waals surface area contributed by atoms with Gasteiger partial charge >= 0.3 is 0 Å². The van der Waals surface area contributed by atoms with Crippen molar-refractivity contribution in [3.05, 3.63) is 28.1 Å². The molecule has 0 amide bonds. The van der Waals surface area contributed by atoms with E-state index in [1.165, 1.54) is 0 Å². The normalized spacial score (nSPS) is 13.0. The zero-order valence-corrected chi connectivity index (χ0v) is 6.11. The summed E-state index contributed by atoms with van der Waals surface area (Å²) in [5, 5.41) is 10.3. The Hall–Kier alpha value is -1.89. The zero-order valence-electron chi connectivity index (χ0n) is 6.11. The first kappa shape index (κ1) is 7.74. The zero-order chi connectivity index (χ0) is 9.42. The van der Waals surface area contributed by atoms with Gasteiger partial charge in [-0.25, -0.2) is 4.39 Å². The number of non-ortho nitro benzene ring substituents is 1. The van der Waals surface area contributed by atoms with Crippen LogP contribution in [-0.4, -0.2) is 4.92 Å². The largest absolute Gasteiger partial charge is 0.369 e. The lowest BCUT2D eigenvalue weighted by Crippen LogP contribution is -2.14. The molecule has 1 aliphatic heterocycles. The smallest absolute Gasteiger partial charge is 0.276 e. The molecule has 0 saturated carbocycles. The van der Waals surface area contributed by atoms with Crippen molar-refractivity contribution < 1.29 is 19.0 Å². The number of nitrogens with zero attached hydrogens (tertiary/aromatic N) is 1. The van der Waals surface area contributed by atoms with E-state index in [0.29, 0.717) is 0 Å². The molecule has 68 valence electrons. The molecule has 0 atom stereocenters. The molecule has 0 aromatic heterocycles. The van der Waals surface area contributed by atoms with E-state index in [4.69, 9.17) is 0 Å². The predicted octanol–water partition coefficient (Wildman–Crippen LogP) is 0.925. The number of nitro benzene ring substituents is 1. The Morgan fingerprint density at radius 3 is 2.92 bits per heavy atom. The van der Waals surface area contributed by atoms with Crippen LogP contribution in [0, 0.1) is 15.9 Å². The van der Waals surface area contributed by atoms with Crippen LogP contribution >= 0.6 is 0 Å². The molecule has 1 N–H and O–H groups in total. The first-order valence-electron chi connectivity index (χ1n) is 3.25. The van der Waals surface area contributed by atoms with Crippen LogP contribution in [0.15, 0.2) is 12.1 Å². The van der Waals surface area contributed by atoms with Gasteiger partial charge in [-0.3, -0.25) is 10.1 Å². The summed E-state index contributed by atoms with van der Waals surface area (Å²) in [6, 6.07) is 1.83. The Balaban J connectivity index is 2.55. The second-order valence-corrected chi connectivity index (χ2v) is 2.30. The van der Waals surface area contributed by atoms with E-state index in [2.05, 4.69) is 9.68 Å². The number of nitrogens with one attached hydrogen (secondary N) is 1. The van der Waals surface area contributed by atoms with Crippen LogP contribution in [-0.2, 0) is 0 Å². The molecule has 1 aromatic rings. The van der Waals surface area contributed by atoms with Gasteiger partial charge in [0.05, 0.1) is 17.1 Å². The molecular formula is C6H3FN2O4. The minimum Gasteiger partial charge on any atom is -0.369 e. The summed E-state index contributed by atoms with van der Waals surface area (Å²) in [5.74, 6) is -1.05. The summed E-state index contributed by atoms with van der Waals surface area (Å²) in [6.07, 6.45) is 0. The summed E-state index contributed by atoms with van der Waals surface area (Å²) in [7, 11) is 0. The monoisotopic (exact) mass is 186 g/mol. The molecule has 0 aliphatic carbocycles. The summed E-state index contributed by atoms with van der Waals surface area (Å²) in [4.78, 5) is 18.6. The lowest BCUT2D eigenvalue weighted by Gasteiger charge is -1.94. The fraction of sp³-hybridized carbons (Fsp3) is 0. The third-order valence-corrected chi connectivity index (χ3v) is 1.50. The second kappa shape index (κ2) is 2.56. The number of benzene rings is 1. The fourth-order valence-corrected chi connectivity index (χ4v) is 0.942. The third kappa shape index (κ3) is 1.14. The maximum absolute atomic E-state index is 13.0. The Labute approximate surface area is 70.9 Å². The van der Waals surface area contributed by atoms with Gasteiger partial charge in [0.2, 0.25) is 11.5 Å². The first-order chi connectivity index (χ1) is 6.18. The van der Waals surface area contributed by atoms with Gasteiger partial charge in [0.1, 0.15) is 0 Å². The Morgan fingerprint density at radius 1 is 1.46 bits per heavy atom. The van der Waals surface area contributed by atoms with E-state index >= 15 is 0 Å². The minimum atomic E-state index is -0.839. The average molecular weight is 186 g/mol. The van der Waals surface area contributed by atoms with Crippen LogP contribution in [0.25, 0.3) is 0 Å². The molecule has 2 rings (SSSR count). The minimum absolute atomic E-state index is 0.0355. The van der Waals surface area contributed by atoms with Crippen molar-refractivity contribution in [3.63, 3.8) is 0 Å². The molecule has 6 nitrogen and oxygen atoms in total. The molecule has 0 unspecified atom stereocenters. The van der Waals surface area contributed by atoms with Gasteiger partial charge in [-0.15, -0.1) is 0 Å². The average Bonchev–Trinajstić information content (AvgIpc) is 2.51. The van der Waals surface area contributed by atoms with Crippen LogP contribution in [0.5, 0.6) is 11.5 Å². The molecule has 0 bridgehead atoms. The van der Waals surface area contributed by atoms with Crippen molar-refractivity contribution in [2.24, 2.45) is 0 Å². The van der Waals surface area contributed by atoms with Gasteiger partial charge in [0.25, 0.3) is 5.69 Å². The lowest BCUT2D eigenvalue weighted by atomic mass is 10.3. The summed E-state index contributed by atoms with van der Waals surface area (Å²) in [5.41, 5.74) is 1.55. The van der Waals surface area contributed by atoms with Crippen molar-refractivity contribution in [3.8, 4) is 11.5 Å². The number of fused-ring (bicyclic) bond motifs is 1. The van der Waals surface area contributed by atoms with Crippen LogP contribution in [0.2, 0.25) is 0 Å². The van der Waals surface area contributed by atoms with E-state index < -0.39 is 10.7 Å². The number of rotatable bonds is 1. The van der Waals surface area contributed by atoms with Gasteiger partial charge in [-0.05, 0) is 0 Å². The van der Waals surface area contributed by atoms with Crippen molar-refractivity contribution in [1.29, 1.82) is 0 Å². The highest BCUT2D eigenvalue weighted by atomic mass is 19.1. The summed E-state index contributed by atoms with van der Waals surface area (Å²) < 4.78 is 13.0. The maximum atomic E-state index is 13.0. The highest BCUT2D eigenvalue weighted by Crippen LogP contribution is 2.36. The number of hydrogen-bond donors (Lipinski definition) is 1. The molecular weight excluding hydrogens is 183 g/mol. The molecule has 0 saturated heterocycles. The molecule has 7 heteroatoms. The van der Waals surface area contributed by atoms with Crippen molar-refractivity contribution in [1.82, 2.24) is 5.64 Å². The highest BCUT2D eigenvalue weighted by molar-refractivity contribution is 5.50. The molecule has 1 heterocycles. The molecule has 1 aromatic carbocycles. The van der Waals surface area contributed by atoms with E-state index in [-0.39, 0.29) is 17.2 Å². The molecule has 0 fully saturated rings. The Bertz CT molecular complexity index is 381. The fourth-order valence-electron chi connectivity index (χ4n) is 0.942. The Kier molecular flexibility index (Phi) is 1.52. The van der Waals surface area contributed by atoms with E-state index in [0.717, 1.165) is 12.1 Å². The Morgan fingerprint density at radius 2 is 2.23 bits per heavy atom. The molecule has 1 aliphatic rings. The van der Waals surface area contributed by atoms with Crippen molar-refractivity contribution in [2.45, 2.75) is 0 Å². The van der Waals surface area contributed by atoms with Crippen LogP contribution in [0.4, 0.5) is 10.1 Å². The topological polar surface area (TPSA) is 73.6 Å². The van der Waals surface area contributed by atoms with Gasteiger partial charge in [-0.2, -0.15) is 0 Å². The first-order valence-corrected chi connectivity index (χ1v) is 3.25. The van der Waals surface area contributed by atoms with Gasteiger partial charge in [0, 0.05) is 5.64 Å². The summed E-state index contributed by atoms with van der Waals surface area (Å²) >= 11 is 0. The van der Waals surface area contributed by atoms with Gasteiger partial charge in [-0.1, -0.05) is 0 Å². The van der Waals surface area contributed by atoms with Crippen molar-refractivity contribution >= 4 is 5.69 Å². The van der Waals surface area contributed by atoms with Crippen LogP contribution in [0.1, 0.15) is 0 Å². The van der Waals surface area contributed by atoms with E-state index in [1.54, 1.807) is 0 Å². The number of halogens is 1. The molecule has 13 heavy (non-hydrogen) atoms. The number of nitro groups is 1. The van der Waals surface area contributed by atoms with Crippen molar-refractivity contribution in [2.75, 3.05) is 0 Å². The van der Waals surface area contributed by atoms with E-state index in [1.807, 2.05) is 5.64 Å². The SMILES string of the molecule is O=[N+]([O-])c1cc(F)c2c(c1)ONO2. The van der Waals surface area contributed by atoms with Crippen LogP contribution < -0.4 is 15.3 Å². The third-order valence-electron chi connectivity index (χ3n) is 1.50. The molecule has 0 radical (unpaired) electrons.